The minimum absolute atomic E-state index is 0. The second kappa shape index (κ2) is 54.3. The van der Waals surface area contributed by atoms with E-state index in [2.05, 4.69) is 21.3 Å². The first-order valence-corrected chi connectivity index (χ1v) is 21.5. The van der Waals surface area contributed by atoms with Gasteiger partial charge in [0, 0.05) is 95.6 Å². The molecule has 0 fully saturated rings. The van der Waals surface area contributed by atoms with Gasteiger partial charge in [0.15, 0.2) is 0 Å². The fraction of sp³-hybridized carbons (Fsp3) is 0.714. The van der Waals surface area contributed by atoms with E-state index in [0.29, 0.717) is 0 Å². The molecule has 0 spiro atoms. The van der Waals surface area contributed by atoms with Gasteiger partial charge in [0.05, 0.1) is 0 Å². The molecule has 0 aromatic heterocycles. The molecule has 0 atom stereocenters. The molecule has 25 nitrogen and oxygen atoms in total. The molecular weight excluding hydrogens is 1100 g/mol. The van der Waals surface area contributed by atoms with Gasteiger partial charge in [0.1, 0.15) is 0 Å². The Bertz CT molecular complexity index is 1590. The summed E-state index contributed by atoms with van der Waals surface area (Å²) >= 11 is 0. The monoisotopic (exact) mass is 1160 g/mol. The maximum absolute atomic E-state index is 13.8. The molecule has 380 valence electrons. The Morgan fingerprint density at radius 2 is 0.461 bits per heavy atom. The largest absolute Gasteiger partial charge is 1.00 e. The van der Waals surface area contributed by atoms with Crippen LogP contribution in [0, 0.1) is 0 Å². The summed E-state index contributed by atoms with van der Waals surface area (Å²) in [5.74, 6) is -17.0. The summed E-state index contributed by atoms with van der Waals surface area (Å²) < 4.78 is 0. The molecule has 0 heterocycles. The van der Waals surface area contributed by atoms with E-state index in [-0.39, 0.29) is 318 Å². The summed E-state index contributed by atoms with van der Waals surface area (Å²) in [5.41, 5.74) is -6.66. The van der Waals surface area contributed by atoms with Crippen molar-refractivity contribution in [1.29, 1.82) is 0 Å². The third kappa shape index (κ3) is 51.1. The van der Waals surface area contributed by atoms with Crippen molar-refractivity contribution >= 4 is 71.4 Å². The van der Waals surface area contributed by atoms with Crippen molar-refractivity contribution in [2.24, 2.45) is 0 Å². The SMILES string of the molecule is CC(=O)NC(CCCNC(CCC(=O)[O-])(CCC(=O)[O-])CCC(=O)[O-])(CCC(=O)NC(CCC(=O)[O-])(CCC(=O)[O-])CCC(=O)[O-])CCC(=O)NC(CCC(=O)[O-])(CCC(=O)[O-])CCC(=O)[O-].[Na+].[Na+].[Na+].[Na+].[Na+].[Na+].[Na+].[Na+].[Na+]. The summed E-state index contributed by atoms with van der Waals surface area (Å²) in [6.45, 7) is 0.901. The summed E-state index contributed by atoms with van der Waals surface area (Å²) in [4.78, 5) is 143. The molecule has 0 radical (unpaired) electrons. The molecule has 0 aromatic carbocycles. The van der Waals surface area contributed by atoms with Crippen molar-refractivity contribution in [2.75, 3.05) is 6.54 Å². The Hall–Kier alpha value is 2.60. The van der Waals surface area contributed by atoms with Gasteiger partial charge in [-0.2, -0.15) is 0 Å². The van der Waals surface area contributed by atoms with E-state index >= 15 is 0 Å². The van der Waals surface area contributed by atoms with Crippen molar-refractivity contribution in [3.05, 3.63) is 0 Å². The maximum atomic E-state index is 13.8. The van der Waals surface area contributed by atoms with E-state index in [9.17, 15) is 103 Å². The molecule has 76 heavy (non-hydrogen) atoms. The number of rotatable bonds is 41. The Morgan fingerprint density at radius 1 is 0.276 bits per heavy atom. The van der Waals surface area contributed by atoms with Crippen LogP contribution < -0.4 is 333 Å². The number of carbonyl (C=O) groups excluding carboxylic acids is 12. The van der Waals surface area contributed by atoms with Gasteiger partial charge in [-0.3, -0.25) is 14.4 Å². The van der Waals surface area contributed by atoms with Crippen LogP contribution >= 0.6 is 0 Å². The minimum Gasteiger partial charge on any atom is -0.550 e. The fourth-order valence-electron chi connectivity index (χ4n) is 7.98. The van der Waals surface area contributed by atoms with E-state index in [4.69, 9.17) is 0 Å². The van der Waals surface area contributed by atoms with Crippen molar-refractivity contribution in [3.8, 4) is 0 Å². The summed E-state index contributed by atoms with van der Waals surface area (Å²) in [7, 11) is 0. The second-order valence-corrected chi connectivity index (χ2v) is 16.8. The standard InChI is InChI=1S/C42H66N4O21.9Na/c1-27(47)44-40(14-2-26-43-39(17-5-30(50)51,18-6-31(52)53)19-7-32(54)55,15-3-28(48)45-41(20-8-33(56)57,21-9-34(58)59)22-10-35(60)61)16-4-29(49)46-42(23-11-36(62)63,24-12-37(64)65)25-13-38(66)67;;;;;;;;;/h43H,2-26H2,1H3,(H,44,47)(H,45,48)(H,46,49)(H,50,51)(H,52,53)(H,54,55)(H,56,57)(H,58,59)(H,60,61)(H,62,63)(H,64,65)(H,66,67);;;;;;;;;/q;9*+1/p-9. The molecule has 0 saturated heterocycles. The van der Waals surface area contributed by atoms with Crippen LogP contribution in [0.15, 0.2) is 0 Å². The molecule has 4 N–H and O–H groups in total. The molecule has 0 bridgehead atoms. The Labute approximate surface area is 641 Å². The molecule has 0 aliphatic heterocycles. The molecular formula is C42H57N4Na9O21. The van der Waals surface area contributed by atoms with Crippen molar-refractivity contribution in [3.63, 3.8) is 0 Å². The molecule has 3 amide bonds. The topological polar surface area (TPSA) is 460 Å². The Kier molecular flexibility index (Phi) is 71.8. The fourth-order valence-corrected chi connectivity index (χ4v) is 7.98. The predicted molar refractivity (Wildman–Crippen MR) is 205 cm³/mol. The van der Waals surface area contributed by atoms with E-state index in [1.807, 2.05) is 0 Å². The zero-order chi connectivity index (χ0) is 51.4. The van der Waals surface area contributed by atoms with Gasteiger partial charge in [0.2, 0.25) is 17.7 Å². The van der Waals surface area contributed by atoms with Crippen LogP contribution in [-0.2, 0) is 57.5 Å². The zero-order valence-corrected chi connectivity index (χ0v) is 64.3. The van der Waals surface area contributed by atoms with Crippen molar-refractivity contribution < 1.29 is 370 Å². The van der Waals surface area contributed by atoms with Crippen molar-refractivity contribution in [1.82, 2.24) is 21.3 Å². The maximum Gasteiger partial charge on any atom is 1.00 e. The molecule has 0 aromatic rings. The molecule has 0 aliphatic carbocycles. The molecule has 0 rings (SSSR count). The average Bonchev–Trinajstić information content (AvgIpc) is 3.21. The molecule has 0 aliphatic rings. The van der Waals surface area contributed by atoms with Gasteiger partial charge in [-0.25, -0.2) is 0 Å². The van der Waals surface area contributed by atoms with Crippen molar-refractivity contribution in [2.45, 2.75) is 183 Å². The van der Waals surface area contributed by atoms with Gasteiger partial charge in [-0.05, 0) is 148 Å². The van der Waals surface area contributed by atoms with Crippen LogP contribution in [0.5, 0.6) is 0 Å². The number of hydrogen-bond acceptors (Lipinski definition) is 22. The normalized spacial score (nSPS) is 10.4. The van der Waals surface area contributed by atoms with Gasteiger partial charge in [-0.15, -0.1) is 0 Å². The van der Waals surface area contributed by atoms with Crippen LogP contribution in [0.3, 0.4) is 0 Å². The van der Waals surface area contributed by atoms with E-state index in [1.165, 1.54) is 0 Å². The van der Waals surface area contributed by atoms with Gasteiger partial charge >= 0.3 is 266 Å². The number of amides is 3. The predicted octanol–water partition coefficient (Wildman–Crippen LogP) is -37.0. The first-order valence-electron chi connectivity index (χ1n) is 21.5. The molecule has 0 unspecified atom stereocenters. The van der Waals surface area contributed by atoms with E-state index in [1.54, 1.807) is 0 Å². The Balaban J connectivity index is -0.000000605. The van der Waals surface area contributed by atoms with Crippen LogP contribution in [0.2, 0.25) is 0 Å². The molecule has 34 heteroatoms. The molecule has 0 saturated carbocycles. The summed E-state index contributed by atoms with van der Waals surface area (Å²) in [6.07, 6.45) is -12.7. The zero-order valence-electron chi connectivity index (χ0n) is 46.3. The third-order valence-electron chi connectivity index (χ3n) is 11.5. The van der Waals surface area contributed by atoms with Crippen LogP contribution in [-0.4, -0.2) is 100 Å². The number of hydrogen-bond donors (Lipinski definition) is 4. The summed E-state index contributed by atoms with van der Waals surface area (Å²) in [5, 5.41) is 114. The number of carboxylic acid groups (broad SMARTS) is 9. The smallest absolute Gasteiger partial charge is 0.550 e. The first kappa shape index (κ1) is 101. The van der Waals surface area contributed by atoms with Crippen LogP contribution in [0.25, 0.3) is 0 Å². The minimum atomic E-state index is -1.78. The number of carbonyl (C=O) groups is 12. The third-order valence-corrected chi connectivity index (χ3v) is 11.5. The Morgan fingerprint density at radius 3 is 0.658 bits per heavy atom. The average molecular weight is 1160 g/mol. The second-order valence-electron chi connectivity index (χ2n) is 16.8. The first-order chi connectivity index (χ1) is 31.1. The van der Waals surface area contributed by atoms with E-state index in [0.717, 1.165) is 6.92 Å². The quantitative estimate of drug-likeness (QED) is 0.0326. The van der Waals surface area contributed by atoms with E-state index < -0.39 is 203 Å². The number of carboxylic acids is 9. The van der Waals surface area contributed by atoms with Gasteiger partial charge in [0.25, 0.3) is 0 Å². The van der Waals surface area contributed by atoms with Crippen LogP contribution in [0.1, 0.15) is 161 Å². The van der Waals surface area contributed by atoms with Gasteiger partial charge in [-0.1, -0.05) is 0 Å². The number of aliphatic carboxylic acids is 9. The number of nitrogens with one attached hydrogen (secondary N) is 4. The van der Waals surface area contributed by atoms with Gasteiger partial charge < -0.3 is 110 Å². The summed E-state index contributed by atoms with van der Waals surface area (Å²) in [6, 6.07) is 0. The van der Waals surface area contributed by atoms with Crippen LogP contribution in [0.4, 0.5) is 0 Å².